The molecule has 1 aliphatic rings. The summed E-state index contributed by atoms with van der Waals surface area (Å²) in [6.45, 7) is 2.37. The molecule has 0 aliphatic carbocycles. The third kappa shape index (κ3) is 3.30. The van der Waals surface area contributed by atoms with Crippen LogP contribution < -0.4 is 15.8 Å². The minimum atomic E-state index is -0.409. The number of fused-ring (bicyclic) bond motifs is 2. The Kier molecular flexibility index (Phi) is 4.39. The molecule has 1 aromatic heterocycles. The molecule has 4 rings (SSSR count). The Labute approximate surface area is 155 Å². The summed E-state index contributed by atoms with van der Waals surface area (Å²) < 4.78 is 19.5. The molecule has 0 saturated carbocycles. The van der Waals surface area contributed by atoms with E-state index in [9.17, 15) is 14.0 Å². The van der Waals surface area contributed by atoms with E-state index in [4.69, 9.17) is 4.42 Å². The zero-order valence-electron chi connectivity index (χ0n) is 14.9. The molecule has 138 valence electrons. The lowest BCUT2D eigenvalue weighted by Crippen LogP contribution is -2.39. The van der Waals surface area contributed by atoms with E-state index in [1.54, 1.807) is 12.1 Å². The third-order valence-corrected chi connectivity index (χ3v) is 4.86. The Balaban J connectivity index is 1.54. The lowest BCUT2D eigenvalue weighted by molar-refractivity contribution is -0.117. The van der Waals surface area contributed by atoms with Crippen LogP contribution in [0.15, 0.2) is 51.7 Å². The van der Waals surface area contributed by atoms with Crippen LogP contribution in [0.2, 0.25) is 0 Å². The highest BCUT2D eigenvalue weighted by Gasteiger charge is 2.25. The number of anilines is 2. The van der Waals surface area contributed by atoms with Gasteiger partial charge in [0, 0.05) is 29.8 Å². The van der Waals surface area contributed by atoms with Gasteiger partial charge in [-0.15, -0.1) is 0 Å². The van der Waals surface area contributed by atoms with Crippen LogP contribution in [0, 0.1) is 12.7 Å². The molecule has 0 fully saturated rings. The molecule has 2 heterocycles. The monoisotopic (exact) mass is 366 g/mol. The minimum absolute atomic E-state index is 0.0231. The number of rotatable bonds is 3. The number of hydrogen-bond acceptors (Lipinski definition) is 4. The van der Waals surface area contributed by atoms with Gasteiger partial charge < -0.3 is 14.6 Å². The van der Waals surface area contributed by atoms with Gasteiger partial charge in [-0.2, -0.15) is 0 Å². The van der Waals surface area contributed by atoms with Crippen molar-refractivity contribution in [3.05, 3.63) is 69.8 Å². The number of carbonyl (C=O) groups excluding carboxylic acids is 1. The van der Waals surface area contributed by atoms with Crippen LogP contribution in [-0.2, 0) is 11.2 Å². The van der Waals surface area contributed by atoms with Gasteiger partial charge in [0.25, 0.3) is 0 Å². The summed E-state index contributed by atoms with van der Waals surface area (Å²) in [6.07, 6.45) is 1.58. The molecule has 0 spiro atoms. The van der Waals surface area contributed by atoms with E-state index < -0.39 is 5.63 Å². The highest BCUT2D eigenvalue weighted by Crippen LogP contribution is 2.30. The fourth-order valence-corrected chi connectivity index (χ4v) is 3.56. The van der Waals surface area contributed by atoms with E-state index in [-0.39, 0.29) is 18.3 Å². The molecule has 0 bridgehead atoms. The van der Waals surface area contributed by atoms with Crippen LogP contribution >= 0.6 is 0 Å². The molecule has 2 aromatic carbocycles. The predicted molar refractivity (Wildman–Crippen MR) is 103 cm³/mol. The number of aryl methyl sites for hydroxylation is 2. The standard InChI is InChI=1S/C21H19FN2O3/c1-13-10-20(26)27-18-11-15(7-8-16(13)18)23-12-19(25)24-9-3-5-14-4-2-6-17(22)21(14)24/h2,4,6-8,10-11,23H,3,5,9,12H2,1H3. The van der Waals surface area contributed by atoms with Crippen LogP contribution in [0.5, 0.6) is 0 Å². The zero-order chi connectivity index (χ0) is 19.0. The second kappa shape index (κ2) is 6.87. The summed E-state index contributed by atoms with van der Waals surface area (Å²) in [6, 6.07) is 11.7. The van der Waals surface area contributed by atoms with Crippen molar-refractivity contribution >= 4 is 28.3 Å². The molecule has 1 aliphatic heterocycles. The number of carbonyl (C=O) groups is 1. The summed E-state index contributed by atoms with van der Waals surface area (Å²) in [5.74, 6) is -0.574. The molecule has 3 aromatic rings. The first-order valence-electron chi connectivity index (χ1n) is 8.89. The summed E-state index contributed by atoms with van der Waals surface area (Å²) in [4.78, 5) is 25.7. The number of nitrogens with one attached hydrogen (secondary N) is 1. The topological polar surface area (TPSA) is 62.6 Å². The van der Waals surface area contributed by atoms with E-state index in [1.807, 2.05) is 25.1 Å². The van der Waals surface area contributed by atoms with Crippen molar-refractivity contribution < 1.29 is 13.6 Å². The van der Waals surface area contributed by atoms with Crippen LogP contribution in [0.4, 0.5) is 15.8 Å². The van der Waals surface area contributed by atoms with Gasteiger partial charge in [-0.3, -0.25) is 4.79 Å². The molecular formula is C21H19FN2O3. The first kappa shape index (κ1) is 17.3. The maximum absolute atomic E-state index is 14.2. The van der Waals surface area contributed by atoms with Gasteiger partial charge in [-0.05, 0) is 49.1 Å². The van der Waals surface area contributed by atoms with Crippen molar-refractivity contribution in [2.45, 2.75) is 19.8 Å². The van der Waals surface area contributed by atoms with Gasteiger partial charge >= 0.3 is 5.63 Å². The molecule has 0 unspecified atom stereocenters. The second-order valence-corrected chi connectivity index (χ2v) is 6.71. The lowest BCUT2D eigenvalue weighted by atomic mass is 10.0. The molecule has 5 nitrogen and oxygen atoms in total. The fraction of sp³-hybridized carbons (Fsp3) is 0.238. The Morgan fingerprint density at radius 3 is 2.96 bits per heavy atom. The first-order chi connectivity index (χ1) is 13.0. The largest absolute Gasteiger partial charge is 0.423 e. The van der Waals surface area contributed by atoms with Crippen molar-refractivity contribution in [1.29, 1.82) is 0 Å². The van der Waals surface area contributed by atoms with Crippen molar-refractivity contribution in [3.8, 4) is 0 Å². The molecule has 1 N–H and O–H groups in total. The Morgan fingerprint density at radius 2 is 2.11 bits per heavy atom. The summed E-state index contributed by atoms with van der Waals surface area (Å²) in [7, 11) is 0. The Morgan fingerprint density at radius 1 is 1.26 bits per heavy atom. The normalized spacial score (nSPS) is 13.5. The SMILES string of the molecule is Cc1cc(=O)oc2cc(NCC(=O)N3CCCc4cccc(F)c43)ccc12. The first-order valence-corrected chi connectivity index (χ1v) is 8.89. The van der Waals surface area contributed by atoms with Crippen molar-refractivity contribution in [2.75, 3.05) is 23.3 Å². The van der Waals surface area contributed by atoms with Crippen molar-refractivity contribution in [3.63, 3.8) is 0 Å². The molecular weight excluding hydrogens is 347 g/mol. The van der Waals surface area contributed by atoms with Gasteiger partial charge in [0.05, 0.1) is 12.2 Å². The van der Waals surface area contributed by atoms with Crippen molar-refractivity contribution in [2.24, 2.45) is 0 Å². The fourth-order valence-electron chi connectivity index (χ4n) is 3.56. The van der Waals surface area contributed by atoms with E-state index in [1.165, 1.54) is 17.0 Å². The number of halogens is 1. The second-order valence-electron chi connectivity index (χ2n) is 6.71. The number of nitrogens with zero attached hydrogens (tertiary/aromatic N) is 1. The van der Waals surface area contributed by atoms with Gasteiger partial charge in [0.1, 0.15) is 11.4 Å². The number of para-hydroxylation sites is 1. The molecule has 6 heteroatoms. The minimum Gasteiger partial charge on any atom is -0.423 e. The van der Waals surface area contributed by atoms with Crippen molar-refractivity contribution in [1.82, 2.24) is 0 Å². The van der Waals surface area contributed by atoms with E-state index in [2.05, 4.69) is 5.32 Å². The van der Waals surface area contributed by atoms with Gasteiger partial charge in [0.2, 0.25) is 5.91 Å². The molecule has 0 radical (unpaired) electrons. The van der Waals surface area contributed by atoms with Crippen LogP contribution in [0.25, 0.3) is 11.0 Å². The molecule has 0 saturated heterocycles. The highest BCUT2D eigenvalue weighted by atomic mass is 19.1. The predicted octanol–water partition coefficient (Wildman–Crippen LogP) is 3.63. The number of amides is 1. The molecule has 27 heavy (non-hydrogen) atoms. The highest BCUT2D eigenvalue weighted by molar-refractivity contribution is 5.97. The third-order valence-electron chi connectivity index (χ3n) is 4.86. The summed E-state index contributed by atoms with van der Waals surface area (Å²) in [5, 5.41) is 3.89. The Hall–Kier alpha value is -3.15. The van der Waals surface area contributed by atoms with E-state index in [0.29, 0.717) is 23.5 Å². The average Bonchev–Trinajstić information content (AvgIpc) is 2.65. The maximum Gasteiger partial charge on any atom is 0.336 e. The Bertz CT molecular complexity index is 1090. The van der Waals surface area contributed by atoms with E-state index in [0.717, 1.165) is 29.4 Å². The smallest absolute Gasteiger partial charge is 0.336 e. The molecule has 1 amide bonds. The van der Waals surface area contributed by atoms with E-state index >= 15 is 0 Å². The zero-order valence-corrected chi connectivity index (χ0v) is 14.9. The summed E-state index contributed by atoms with van der Waals surface area (Å²) >= 11 is 0. The number of hydrogen-bond donors (Lipinski definition) is 1. The van der Waals surface area contributed by atoms with Crippen LogP contribution in [-0.4, -0.2) is 19.0 Å². The van der Waals surface area contributed by atoms with Crippen LogP contribution in [0.1, 0.15) is 17.5 Å². The van der Waals surface area contributed by atoms with Crippen LogP contribution in [0.3, 0.4) is 0 Å². The number of benzene rings is 2. The quantitative estimate of drug-likeness (QED) is 0.719. The summed E-state index contributed by atoms with van der Waals surface area (Å²) in [5.41, 5.74) is 2.80. The average molecular weight is 366 g/mol. The maximum atomic E-state index is 14.2. The van der Waals surface area contributed by atoms with Gasteiger partial charge in [-0.1, -0.05) is 12.1 Å². The van der Waals surface area contributed by atoms with Gasteiger partial charge in [0.15, 0.2) is 0 Å². The van der Waals surface area contributed by atoms with Gasteiger partial charge in [-0.25, -0.2) is 9.18 Å². The molecule has 0 atom stereocenters. The lowest BCUT2D eigenvalue weighted by Gasteiger charge is -2.30.